The SMILES string of the molecule is Cc1ccc(C(C)(C#N)NP(=O)(c2ccccc2)c2ccccc2)cc1. The second kappa shape index (κ2) is 7.30. The molecule has 0 radical (unpaired) electrons. The summed E-state index contributed by atoms with van der Waals surface area (Å²) >= 11 is 0. The minimum absolute atomic E-state index is 0.680. The molecule has 0 saturated carbocycles. The highest BCUT2D eigenvalue weighted by atomic mass is 31.2. The highest BCUT2D eigenvalue weighted by Gasteiger charge is 2.37. The lowest BCUT2D eigenvalue weighted by Crippen LogP contribution is -2.41. The molecule has 1 N–H and O–H groups in total. The van der Waals surface area contributed by atoms with Crippen LogP contribution in [0.1, 0.15) is 18.1 Å². The van der Waals surface area contributed by atoms with E-state index in [1.807, 2.05) is 91.9 Å². The van der Waals surface area contributed by atoms with E-state index in [-0.39, 0.29) is 0 Å². The highest BCUT2D eigenvalue weighted by molar-refractivity contribution is 7.77. The summed E-state index contributed by atoms with van der Waals surface area (Å²) in [6.07, 6.45) is 0. The normalized spacial score (nSPS) is 13.6. The van der Waals surface area contributed by atoms with Gasteiger partial charge >= 0.3 is 0 Å². The van der Waals surface area contributed by atoms with E-state index in [9.17, 15) is 9.83 Å². The Labute approximate surface area is 154 Å². The van der Waals surface area contributed by atoms with Gasteiger partial charge in [-0.2, -0.15) is 5.26 Å². The lowest BCUT2D eigenvalue weighted by atomic mass is 9.94. The molecule has 0 spiro atoms. The zero-order valence-electron chi connectivity index (χ0n) is 14.9. The van der Waals surface area contributed by atoms with Gasteiger partial charge in [0.15, 0.2) is 0 Å². The van der Waals surface area contributed by atoms with Crippen LogP contribution in [0.2, 0.25) is 0 Å². The van der Waals surface area contributed by atoms with Crippen molar-refractivity contribution in [2.24, 2.45) is 0 Å². The van der Waals surface area contributed by atoms with E-state index in [1.54, 1.807) is 6.92 Å². The maximum Gasteiger partial charge on any atom is 0.206 e. The number of benzene rings is 3. The van der Waals surface area contributed by atoms with E-state index in [4.69, 9.17) is 0 Å². The average Bonchev–Trinajstić information content (AvgIpc) is 2.69. The zero-order chi connectivity index (χ0) is 18.6. The van der Waals surface area contributed by atoms with Crippen molar-refractivity contribution in [2.75, 3.05) is 0 Å². The smallest absolute Gasteiger partial charge is 0.206 e. The van der Waals surface area contributed by atoms with Gasteiger partial charge in [-0.25, -0.2) is 5.09 Å². The number of hydrogen-bond donors (Lipinski definition) is 1. The number of nitrogens with zero attached hydrogens (tertiary/aromatic N) is 1. The number of nitrogens with one attached hydrogen (secondary N) is 1. The largest absolute Gasteiger partial charge is 0.296 e. The molecule has 4 heteroatoms. The molecule has 3 aromatic carbocycles. The molecule has 0 saturated heterocycles. The maximum absolute atomic E-state index is 14.2. The summed E-state index contributed by atoms with van der Waals surface area (Å²) in [4.78, 5) is 0. The van der Waals surface area contributed by atoms with Crippen molar-refractivity contribution in [3.63, 3.8) is 0 Å². The molecule has 1 atom stereocenters. The van der Waals surface area contributed by atoms with E-state index in [2.05, 4.69) is 11.2 Å². The summed E-state index contributed by atoms with van der Waals surface area (Å²) in [5.41, 5.74) is 0.815. The van der Waals surface area contributed by atoms with Gasteiger partial charge in [-0.05, 0) is 43.7 Å². The fourth-order valence-corrected chi connectivity index (χ4v) is 5.46. The molecule has 130 valence electrons. The number of hydrogen-bond acceptors (Lipinski definition) is 2. The lowest BCUT2D eigenvalue weighted by Gasteiger charge is -2.30. The monoisotopic (exact) mass is 360 g/mol. The molecule has 3 rings (SSSR count). The highest BCUT2D eigenvalue weighted by Crippen LogP contribution is 2.43. The second-order valence-corrected chi connectivity index (χ2v) is 8.97. The van der Waals surface area contributed by atoms with Crippen LogP contribution < -0.4 is 15.7 Å². The molecule has 0 heterocycles. The van der Waals surface area contributed by atoms with Crippen LogP contribution in [0.5, 0.6) is 0 Å². The summed E-state index contributed by atoms with van der Waals surface area (Å²) < 4.78 is 14.2. The molecule has 0 amide bonds. The van der Waals surface area contributed by atoms with Crippen LogP contribution in [-0.2, 0) is 10.1 Å². The molecule has 1 unspecified atom stereocenters. The summed E-state index contributed by atoms with van der Waals surface area (Å²) in [6.45, 7) is 3.77. The topological polar surface area (TPSA) is 52.9 Å². The van der Waals surface area contributed by atoms with Gasteiger partial charge in [-0.1, -0.05) is 66.2 Å². The van der Waals surface area contributed by atoms with Crippen molar-refractivity contribution in [3.05, 3.63) is 96.1 Å². The Bertz CT molecular complexity index is 919. The molecule has 0 aliphatic heterocycles. The van der Waals surface area contributed by atoms with Crippen molar-refractivity contribution in [1.82, 2.24) is 5.09 Å². The van der Waals surface area contributed by atoms with Crippen molar-refractivity contribution in [2.45, 2.75) is 19.4 Å². The van der Waals surface area contributed by atoms with Gasteiger partial charge < -0.3 is 0 Å². The van der Waals surface area contributed by atoms with E-state index in [0.717, 1.165) is 11.1 Å². The van der Waals surface area contributed by atoms with Crippen LogP contribution >= 0.6 is 7.29 Å². The third kappa shape index (κ3) is 3.48. The Kier molecular flexibility index (Phi) is 5.09. The number of nitriles is 1. The van der Waals surface area contributed by atoms with Gasteiger partial charge in [0, 0.05) is 10.6 Å². The number of rotatable bonds is 5. The van der Waals surface area contributed by atoms with E-state index in [0.29, 0.717) is 10.6 Å². The number of aryl methyl sites for hydroxylation is 1. The summed E-state index contributed by atoms with van der Waals surface area (Å²) in [5.74, 6) is 0. The van der Waals surface area contributed by atoms with Crippen molar-refractivity contribution < 1.29 is 4.57 Å². The van der Waals surface area contributed by atoms with Crippen molar-refractivity contribution >= 4 is 17.9 Å². The molecule has 0 aliphatic carbocycles. The first-order valence-electron chi connectivity index (χ1n) is 8.47. The van der Waals surface area contributed by atoms with Crippen LogP contribution in [0.3, 0.4) is 0 Å². The van der Waals surface area contributed by atoms with Gasteiger partial charge in [0.1, 0.15) is 5.54 Å². The first kappa shape index (κ1) is 18.1. The molecule has 0 bridgehead atoms. The van der Waals surface area contributed by atoms with E-state index < -0.39 is 12.8 Å². The van der Waals surface area contributed by atoms with Crippen LogP contribution in [0.4, 0.5) is 0 Å². The molecule has 3 nitrogen and oxygen atoms in total. The fraction of sp³-hybridized carbons (Fsp3) is 0.136. The van der Waals surface area contributed by atoms with Crippen molar-refractivity contribution in [3.8, 4) is 6.07 Å². The quantitative estimate of drug-likeness (QED) is 0.692. The zero-order valence-corrected chi connectivity index (χ0v) is 15.8. The van der Waals surface area contributed by atoms with Crippen LogP contribution in [-0.4, -0.2) is 0 Å². The van der Waals surface area contributed by atoms with Crippen LogP contribution in [0.25, 0.3) is 0 Å². The van der Waals surface area contributed by atoms with Gasteiger partial charge in [0.05, 0.1) is 6.07 Å². The summed E-state index contributed by atoms with van der Waals surface area (Å²) in [7, 11) is -3.21. The molecule has 0 aliphatic rings. The first-order valence-corrected chi connectivity index (χ1v) is 10.2. The Morgan fingerprint density at radius 1 is 0.846 bits per heavy atom. The second-order valence-electron chi connectivity index (χ2n) is 6.50. The lowest BCUT2D eigenvalue weighted by molar-refractivity contribution is 0.532. The molecular weight excluding hydrogens is 339 g/mol. The van der Waals surface area contributed by atoms with Crippen molar-refractivity contribution in [1.29, 1.82) is 5.26 Å². The first-order chi connectivity index (χ1) is 12.5. The predicted octanol–water partition coefficient (Wildman–Crippen LogP) is 4.25. The average molecular weight is 360 g/mol. The van der Waals surface area contributed by atoms with E-state index >= 15 is 0 Å². The summed E-state index contributed by atoms with van der Waals surface area (Å²) in [6, 6.07) is 28.7. The molecular formula is C22H21N2OP. The van der Waals surface area contributed by atoms with Gasteiger partial charge in [-0.15, -0.1) is 0 Å². The Morgan fingerprint density at radius 3 is 1.73 bits per heavy atom. The minimum Gasteiger partial charge on any atom is -0.296 e. The fourth-order valence-electron chi connectivity index (χ4n) is 2.91. The predicted molar refractivity (Wildman–Crippen MR) is 107 cm³/mol. The maximum atomic E-state index is 14.2. The molecule has 0 fully saturated rings. The standard InChI is InChI=1S/C22H21N2OP/c1-18-13-15-19(16-14-18)22(2,17-23)24-26(25,20-9-5-3-6-10-20)21-11-7-4-8-12-21/h3-16H,1-2H3,(H,24,25). The Hall–Kier alpha value is -2.66. The minimum atomic E-state index is -3.21. The van der Waals surface area contributed by atoms with Gasteiger partial charge in [-0.3, -0.25) is 4.57 Å². The van der Waals surface area contributed by atoms with E-state index in [1.165, 1.54) is 0 Å². The third-order valence-electron chi connectivity index (χ3n) is 4.47. The van der Waals surface area contributed by atoms with Gasteiger partial charge in [0.2, 0.25) is 7.29 Å². The van der Waals surface area contributed by atoms with Crippen LogP contribution in [0, 0.1) is 18.3 Å². The third-order valence-corrected chi connectivity index (χ3v) is 7.29. The molecule has 26 heavy (non-hydrogen) atoms. The van der Waals surface area contributed by atoms with Crippen LogP contribution in [0.15, 0.2) is 84.9 Å². The molecule has 0 aromatic heterocycles. The Morgan fingerprint density at radius 2 is 1.31 bits per heavy atom. The van der Waals surface area contributed by atoms with Gasteiger partial charge in [0.25, 0.3) is 0 Å². The molecule has 3 aromatic rings. The Balaban J connectivity index is 2.13. The summed E-state index contributed by atoms with van der Waals surface area (Å²) in [5, 5.41) is 14.5.